The largest absolute Gasteiger partial charge is 0.481 e. The molecule has 0 saturated heterocycles. The third kappa shape index (κ3) is 4.72. The second-order valence-corrected chi connectivity index (χ2v) is 7.04. The van der Waals surface area contributed by atoms with E-state index in [4.69, 9.17) is 0 Å². The minimum absolute atomic E-state index is 0.0359. The van der Waals surface area contributed by atoms with E-state index in [1.165, 1.54) is 25.7 Å². The van der Waals surface area contributed by atoms with Crippen LogP contribution in [0, 0.1) is 23.7 Å². The Bertz CT molecular complexity index is 361. The molecule has 0 spiro atoms. The summed E-state index contributed by atoms with van der Waals surface area (Å²) in [5, 5.41) is 12.2. The van der Waals surface area contributed by atoms with Crippen LogP contribution in [0.4, 0.5) is 0 Å². The van der Waals surface area contributed by atoms with E-state index < -0.39 is 11.9 Å². The fraction of sp³-hybridized carbons (Fsp3) is 0.882. The zero-order valence-electron chi connectivity index (χ0n) is 13.1. The summed E-state index contributed by atoms with van der Waals surface area (Å²) in [4.78, 5) is 23.5. The molecule has 120 valence electrons. The van der Waals surface area contributed by atoms with Gasteiger partial charge in [0.25, 0.3) is 0 Å². The molecule has 1 amide bonds. The zero-order chi connectivity index (χ0) is 15.2. The molecule has 2 atom stereocenters. The Hall–Kier alpha value is -1.06. The number of hydrogen-bond acceptors (Lipinski definition) is 2. The number of amides is 1. The van der Waals surface area contributed by atoms with Gasteiger partial charge in [0.2, 0.25) is 5.91 Å². The van der Waals surface area contributed by atoms with Crippen molar-refractivity contribution in [2.75, 3.05) is 6.54 Å². The standard InChI is InChI=1S/C17H29NO3/c1-12-6-8-13(9-7-12)10-11-18-16(19)14-4-2-3-5-15(14)17(20)21/h12-15H,2-11H2,1H3,(H,18,19)(H,20,21). The maximum absolute atomic E-state index is 12.2. The van der Waals surface area contributed by atoms with E-state index >= 15 is 0 Å². The average Bonchev–Trinajstić information content (AvgIpc) is 2.49. The Labute approximate surface area is 127 Å². The van der Waals surface area contributed by atoms with Crippen LogP contribution in [-0.4, -0.2) is 23.5 Å². The molecule has 2 saturated carbocycles. The highest BCUT2D eigenvalue weighted by Crippen LogP contribution is 2.31. The number of rotatable bonds is 5. The lowest BCUT2D eigenvalue weighted by Crippen LogP contribution is -2.40. The Morgan fingerprint density at radius 2 is 1.62 bits per heavy atom. The van der Waals surface area contributed by atoms with Crippen molar-refractivity contribution >= 4 is 11.9 Å². The van der Waals surface area contributed by atoms with Crippen LogP contribution < -0.4 is 5.32 Å². The molecule has 2 rings (SSSR count). The van der Waals surface area contributed by atoms with E-state index in [-0.39, 0.29) is 11.8 Å². The van der Waals surface area contributed by atoms with Gasteiger partial charge in [-0.1, -0.05) is 45.4 Å². The first-order valence-corrected chi connectivity index (χ1v) is 8.58. The van der Waals surface area contributed by atoms with Crippen LogP contribution in [0.3, 0.4) is 0 Å². The van der Waals surface area contributed by atoms with E-state index in [1.807, 2.05) is 0 Å². The SMILES string of the molecule is CC1CCC(CCNC(=O)C2CCCCC2C(=O)O)CC1. The Balaban J connectivity index is 1.72. The second-order valence-electron chi connectivity index (χ2n) is 7.04. The Morgan fingerprint density at radius 1 is 1.00 bits per heavy atom. The number of nitrogens with one attached hydrogen (secondary N) is 1. The number of hydrogen-bond donors (Lipinski definition) is 2. The molecule has 21 heavy (non-hydrogen) atoms. The van der Waals surface area contributed by atoms with Gasteiger partial charge in [-0.25, -0.2) is 0 Å². The first-order chi connectivity index (χ1) is 10.1. The van der Waals surface area contributed by atoms with Gasteiger partial charge in [-0.05, 0) is 31.1 Å². The number of aliphatic carboxylic acids is 1. The molecule has 4 heteroatoms. The van der Waals surface area contributed by atoms with Gasteiger partial charge in [-0.3, -0.25) is 9.59 Å². The van der Waals surface area contributed by atoms with Gasteiger partial charge in [0.1, 0.15) is 0 Å². The van der Waals surface area contributed by atoms with Gasteiger partial charge < -0.3 is 10.4 Å². The van der Waals surface area contributed by atoms with Crippen LogP contribution in [0.1, 0.15) is 64.7 Å². The van der Waals surface area contributed by atoms with Gasteiger partial charge >= 0.3 is 5.97 Å². The molecule has 0 radical (unpaired) electrons. The van der Waals surface area contributed by atoms with Gasteiger partial charge in [0.05, 0.1) is 11.8 Å². The van der Waals surface area contributed by atoms with E-state index in [0.29, 0.717) is 13.0 Å². The molecule has 2 aliphatic rings. The first-order valence-electron chi connectivity index (χ1n) is 8.58. The number of carboxylic acid groups (broad SMARTS) is 1. The summed E-state index contributed by atoms with van der Waals surface area (Å²) in [5.74, 6) is -0.0446. The average molecular weight is 295 g/mol. The lowest BCUT2D eigenvalue weighted by Gasteiger charge is -2.28. The van der Waals surface area contributed by atoms with E-state index in [9.17, 15) is 14.7 Å². The fourth-order valence-electron chi connectivity index (χ4n) is 3.89. The minimum Gasteiger partial charge on any atom is -0.481 e. The molecule has 0 aromatic rings. The van der Waals surface area contributed by atoms with Crippen LogP contribution in [-0.2, 0) is 9.59 Å². The number of carboxylic acids is 1. The van der Waals surface area contributed by atoms with Crippen LogP contribution in [0.2, 0.25) is 0 Å². The molecule has 2 N–H and O–H groups in total. The highest BCUT2D eigenvalue weighted by atomic mass is 16.4. The number of carbonyl (C=O) groups is 2. The van der Waals surface area contributed by atoms with Crippen molar-refractivity contribution < 1.29 is 14.7 Å². The third-order valence-electron chi connectivity index (χ3n) is 5.41. The van der Waals surface area contributed by atoms with Crippen molar-refractivity contribution in [2.24, 2.45) is 23.7 Å². The van der Waals surface area contributed by atoms with Crippen LogP contribution in [0.15, 0.2) is 0 Å². The second kappa shape index (κ2) is 7.81. The van der Waals surface area contributed by atoms with Gasteiger partial charge in [0, 0.05) is 6.54 Å². The smallest absolute Gasteiger partial charge is 0.307 e. The molecule has 0 aromatic heterocycles. The fourth-order valence-corrected chi connectivity index (χ4v) is 3.89. The third-order valence-corrected chi connectivity index (χ3v) is 5.41. The highest BCUT2D eigenvalue weighted by Gasteiger charge is 2.35. The lowest BCUT2D eigenvalue weighted by atomic mass is 9.78. The minimum atomic E-state index is -0.809. The summed E-state index contributed by atoms with van der Waals surface area (Å²) in [6.07, 6.45) is 9.49. The molecular weight excluding hydrogens is 266 g/mol. The molecule has 0 heterocycles. The Morgan fingerprint density at radius 3 is 2.24 bits per heavy atom. The highest BCUT2D eigenvalue weighted by molar-refractivity contribution is 5.84. The molecule has 2 fully saturated rings. The zero-order valence-corrected chi connectivity index (χ0v) is 13.1. The van der Waals surface area contributed by atoms with Crippen LogP contribution in [0.25, 0.3) is 0 Å². The van der Waals surface area contributed by atoms with Crippen molar-refractivity contribution in [2.45, 2.75) is 64.7 Å². The first kappa shape index (κ1) is 16.3. The molecule has 0 aromatic carbocycles. The lowest BCUT2D eigenvalue weighted by molar-refractivity contribution is -0.148. The van der Waals surface area contributed by atoms with Crippen molar-refractivity contribution in [3.63, 3.8) is 0 Å². The van der Waals surface area contributed by atoms with E-state index in [0.717, 1.165) is 37.5 Å². The summed E-state index contributed by atoms with van der Waals surface area (Å²) < 4.78 is 0. The maximum Gasteiger partial charge on any atom is 0.307 e. The van der Waals surface area contributed by atoms with Gasteiger partial charge in [-0.15, -0.1) is 0 Å². The molecule has 2 unspecified atom stereocenters. The Kier molecular flexibility index (Phi) is 6.07. The summed E-state index contributed by atoms with van der Waals surface area (Å²) in [5.41, 5.74) is 0. The van der Waals surface area contributed by atoms with E-state index in [2.05, 4.69) is 12.2 Å². The van der Waals surface area contributed by atoms with Gasteiger partial charge in [-0.2, -0.15) is 0 Å². The van der Waals surface area contributed by atoms with Crippen LogP contribution >= 0.6 is 0 Å². The van der Waals surface area contributed by atoms with Crippen molar-refractivity contribution in [1.82, 2.24) is 5.32 Å². The molecule has 0 aliphatic heterocycles. The molecule has 2 aliphatic carbocycles. The van der Waals surface area contributed by atoms with E-state index in [1.54, 1.807) is 0 Å². The molecular formula is C17H29NO3. The van der Waals surface area contributed by atoms with Crippen molar-refractivity contribution in [3.05, 3.63) is 0 Å². The summed E-state index contributed by atoms with van der Waals surface area (Å²) in [6.45, 7) is 3.02. The monoisotopic (exact) mass is 295 g/mol. The van der Waals surface area contributed by atoms with Crippen LogP contribution in [0.5, 0.6) is 0 Å². The summed E-state index contributed by atoms with van der Waals surface area (Å²) in [6, 6.07) is 0. The van der Waals surface area contributed by atoms with Gasteiger partial charge in [0.15, 0.2) is 0 Å². The predicted molar refractivity (Wildman–Crippen MR) is 81.8 cm³/mol. The van der Waals surface area contributed by atoms with Crippen molar-refractivity contribution in [3.8, 4) is 0 Å². The molecule has 4 nitrogen and oxygen atoms in total. The predicted octanol–water partition coefficient (Wildman–Crippen LogP) is 3.21. The topological polar surface area (TPSA) is 66.4 Å². The summed E-state index contributed by atoms with van der Waals surface area (Å²) in [7, 11) is 0. The maximum atomic E-state index is 12.2. The molecule has 0 bridgehead atoms. The van der Waals surface area contributed by atoms with Crippen molar-refractivity contribution in [1.29, 1.82) is 0 Å². The normalized spacial score (nSPS) is 33.4. The summed E-state index contributed by atoms with van der Waals surface area (Å²) >= 11 is 0. The number of carbonyl (C=O) groups excluding carboxylic acids is 1. The quantitative estimate of drug-likeness (QED) is 0.818.